The summed E-state index contributed by atoms with van der Waals surface area (Å²) in [4.78, 5) is 34.7. The first kappa shape index (κ1) is 29.6. The summed E-state index contributed by atoms with van der Waals surface area (Å²) in [6.45, 7) is 3.55. The maximum absolute atomic E-state index is 12.9. The number of halogens is 2. The van der Waals surface area contributed by atoms with E-state index in [-0.39, 0.29) is 11.7 Å². The standard InChI is InChI=1S/C33H28I2N6O2S/c1-17(42)29-2-3-30(44-29)33-24-15-28(39-26(24)6-9-37-33)32-23-14-22(25(35)16-27(23)40-41-32)19-11-20(34)13-21(12-19)38-31(43)10-18-4-7-36-8-5-18/h2-3,6,9,11-16,18,36,39H,4-5,7-8,10H2,1H3,(H,38,43)(H,40,41). The predicted octanol–water partition coefficient (Wildman–Crippen LogP) is 8.24. The number of nitrogens with one attached hydrogen (secondary N) is 4. The second kappa shape index (κ2) is 12.3. The highest BCUT2D eigenvalue weighted by molar-refractivity contribution is 14.1. The van der Waals surface area contributed by atoms with Crippen molar-refractivity contribution in [2.75, 3.05) is 18.4 Å². The number of rotatable bonds is 7. The Morgan fingerprint density at radius 3 is 2.59 bits per heavy atom. The molecule has 1 aliphatic heterocycles. The summed E-state index contributed by atoms with van der Waals surface area (Å²) >= 11 is 6.14. The molecule has 11 heteroatoms. The molecule has 4 N–H and O–H groups in total. The Kier molecular flexibility index (Phi) is 8.29. The number of nitrogens with zero attached hydrogens (tertiary/aromatic N) is 2. The molecule has 222 valence electrons. The van der Waals surface area contributed by atoms with Gasteiger partial charge in [0.25, 0.3) is 0 Å². The molecule has 0 unspecified atom stereocenters. The van der Waals surface area contributed by atoms with Crippen LogP contribution in [-0.4, -0.2) is 44.9 Å². The van der Waals surface area contributed by atoms with Crippen molar-refractivity contribution in [3.8, 4) is 33.1 Å². The molecule has 0 atom stereocenters. The minimum atomic E-state index is 0.0523. The molecule has 4 aromatic heterocycles. The van der Waals surface area contributed by atoms with Gasteiger partial charge in [-0.05, 0) is 150 Å². The summed E-state index contributed by atoms with van der Waals surface area (Å²) in [5.74, 6) is 0.553. The Balaban J connectivity index is 1.23. The second-order valence-corrected chi connectivity index (χ2v) is 14.6. The van der Waals surface area contributed by atoms with Crippen molar-refractivity contribution < 1.29 is 9.59 Å². The number of aromatic nitrogens is 4. The molecule has 1 fully saturated rings. The first-order valence-corrected chi connectivity index (χ1v) is 17.4. The number of carbonyl (C=O) groups excluding carboxylic acids is 2. The Bertz CT molecular complexity index is 2060. The highest BCUT2D eigenvalue weighted by Gasteiger charge is 2.19. The van der Waals surface area contributed by atoms with Crippen LogP contribution in [0, 0.1) is 13.1 Å². The Labute approximate surface area is 285 Å². The fraction of sp³-hybridized carbons (Fsp3) is 0.212. The summed E-state index contributed by atoms with van der Waals surface area (Å²) in [6, 6.07) is 18.4. The largest absolute Gasteiger partial charge is 0.353 e. The molecule has 1 amide bonds. The maximum Gasteiger partial charge on any atom is 0.224 e. The quantitative estimate of drug-likeness (QED) is 0.0957. The molecule has 0 spiro atoms. The highest BCUT2D eigenvalue weighted by Crippen LogP contribution is 2.38. The lowest BCUT2D eigenvalue weighted by Gasteiger charge is -2.22. The molecule has 44 heavy (non-hydrogen) atoms. The van der Waals surface area contributed by atoms with Crippen molar-refractivity contribution >= 4 is 95.7 Å². The van der Waals surface area contributed by atoms with Crippen molar-refractivity contribution in [1.82, 2.24) is 25.5 Å². The van der Waals surface area contributed by atoms with Gasteiger partial charge in [-0.2, -0.15) is 5.10 Å². The van der Waals surface area contributed by atoms with Crippen LogP contribution in [0.4, 0.5) is 5.69 Å². The number of piperidine rings is 1. The zero-order chi connectivity index (χ0) is 30.4. The van der Waals surface area contributed by atoms with Crippen molar-refractivity contribution in [3.63, 3.8) is 0 Å². The van der Waals surface area contributed by atoms with Crippen LogP contribution < -0.4 is 10.6 Å². The molecule has 0 radical (unpaired) electrons. The van der Waals surface area contributed by atoms with E-state index in [0.717, 1.165) is 98.5 Å². The number of H-pyrrole nitrogens is 2. The molecule has 0 aliphatic carbocycles. The van der Waals surface area contributed by atoms with E-state index in [2.05, 4.69) is 101 Å². The average molecular weight is 827 g/mol. The number of benzene rings is 2. The van der Waals surface area contributed by atoms with Crippen LogP contribution in [0.25, 0.3) is 54.9 Å². The molecular weight excluding hydrogens is 798 g/mol. The third-order valence-electron chi connectivity index (χ3n) is 8.07. The van der Waals surface area contributed by atoms with E-state index in [0.29, 0.717) is 12.3 Å². The lowest BCUT2D eigenvalue weighted by atomic mass is 9.94. The van der Waals surface area contributed by atoms with Gasteiger partial charge in [-0.3, -0.25) is 19.7 Å². The number of aromatic amines is 2. The maximum atomic E-state index is 12.9. The van der Waals surface area contributed by atoms with Gasteiger partial charge in [-0.15, -0.1) is 11.3 Å². The fourth-order valence-electron chi connectivity index (χ4n) is 5.87. The van der Waals surface area contributed by atoms with Gasteiger partial charge in [0.05, 0.1) is 26.7 Å². The number of anilines is 1. The smallest absolute Gasteiger partial charge is 0.224 e. The molecule has 6 aromatic rings. The number of thiophene rings is 1. The van der Waals surface area contributed by atoms with Crippen molar-refractivity contribution in [3.05, 3.63) is 72.8 Å². The van der Waals surface area contributed by atoms with Crippen LogP contribution in [-0.2, 0) is 4.79 Å². The van der Waals surface area contributed by atoms with E-state index in [9.17, 15) is 9.59 Å². The van der Waals surface area contributed by atoms with Gasteiger partial charge in [0.2, 0.25) is 5.91 Å². The van der Waals surface area contributed by atoms with Crippen LogP contribution in [0.2, 0.25) is 0 Å². The number of pyridine rings is 1. The zero-order valence-electron chi connectivity index (χ0n) is 23.8. The van der Waals surface area contributed by atoms with Crippen molar-refractivity contribution in [2.45, 2.75) is 26.2 Å². The summed E-state index contributed by atoms with van der Waals surface area (Å²) in [5.41, 5.74) is 7.35. The van der Waals surface area contributed by atoms with E-state index in [1.54, 1.807) is 13.1 Å². The number of hydrogen-bond donors (Lipinski definition) is 4. The van der Waals surface area contributed by atoms with Gasteiger partial charge in [-0.1, -0.05) is 0 Å². The monoisotopic (exact) mass is 826 g/mol. The molecule has 7 rings (SSSR count). The zero-order valence-corrected chi connectivity index (χ0v) is 28.9. The van der Waals surface area contributed by atoms with Gasteiger partial charge in [0, 0.05) is 41.7 Å². The van der Waals surface area contributed by atoms with Gasteiger partial charge < -0.3 is 15.6 Å². The van der Waals surface area contributed by atoms with E-state index in [1.807, 2.05) is 24.3 Å². The number of amides is 1. The van der Waals surface area contributed by atoms with Crippen LogP contribution in [0.5, 0.6) is 0 Å². The Hall–Kier alpha value is -3.14. The molecule has 0 bridgehead atoms. The van der Waals surface area contributed by atoms with Crippen molar-refractivity contribution in [2.24, 2.45) is 5.92 Å². The first-order chi connectivity index (χ1) is 21.3. The molecule has 1 aliphatic rings. The molecule has 8 nitrogen and oxygen atoms in total. The molecule has 0 saturated carbocycles. The SMILES string of the molecule is CC(=O)c1ccc(-c2nccc3[nH]c(-c4n[nH]c5cc(I)c(-c6cc(I)cc(NC(=O)CC7CCNCC7)c6)cc45)cc23)s1. The topological polar surface area (TPSA) is 116 Å². The number of carbonyl (C=O) groups is 2. The minimum Gasteiger partial charge on any atom is -0.353 e. The predicted molar refractivity (Wildman–Crippen MR) is 194 cm³/mol. The van der Waals surface area contributed by atoms with Crippen LogP contribution >= 0.6 is 56.5 Å². The van der Waals surface area contributed by atoms with Gasteiger partial charge in [-0.25, -0.2) is 0 Å². The van der Waals surface area contributed by atoms with E-state index >= 15 is 0 Å². The fourth-order valence-corrected chi connectivity index (χ4v) is 8.24. The minimum absolute atomic E-state index is 0.0523. The third kappa shape index (κ3) is 5.94. The van der Waals surface area contributed by atoms with Crippen LogP contribution in [0.15, 0.2) is 60.8 Å². The summed E-state index contributed by atoms with van der Waals surface area (Å²) in [6.07, 6.45) is 4.42. The molecule has 1 saturated heterocycles. The van der Waals surface area contributed by atoms with Gasteiger partial charge >= 0.3 is 0 Å². The Morgan fingerprint density at radius 2 is 1.80 bits per heavy atom. The van der Waals surface area contributed by atoms with E-state index in [4.69, 9.17) is 5.10 Å². The number of hydrogen-bond acceptors (Lipinski definition) is 6. The Morgan fingerprint density at radius 1 is 0.977 bits per heavy atom. The lowest BCUT2D eigenvalue weighted by Crippen LogP contribution is -2.30. The molecular formula is C33H28I2N6O2S. The van der Waals surface area contributed by atoms with E-state index < -0.39 is 0 Å². The lowest BCUT2D eigenvalue weighted by molar-refractivity contribution is -0.117. The van der Waals surface area contributed by atoms with Gasteiger partial charge in [0.1, 0.15) is 5.69 Å². The summed E-state index contributed by atoms with van der Waals surface area (Å²) in [7, 11) is 0. The van der Waals surface area contributed by atoms with Gasteiger partial charge in [0.15, 0.2) is 5.78 Å². The first-order valence-electron chi connectivity index (χ1n) is 14.4. The normalized spacial score (nSPS) is 14.0. The molecule has 5 heterocycles. The number of fused-ring (bicyclic) bond motifs is 2. The number of Topliss-reactive ketones (excluding diaryl/α,β-unsaturated/α-hetero) is 1. The van der Waals surface area contributed by atoms with E-state index in [1.165, 1.54) is 11.3 Å². The average Bonchev–Trinajstić information content (AvgIpc) is 3.75. The van der Waals surface area contributed by atoms with Crippen LogP contribution in [0.1, 0.15) is 35.9 Å². The second-order valence-electron chi connectivity index (χ2n) is 11.1. The highest BCUT2D eigenvalue weighted by atomic mass is 127. The number of ketones is 1. The van der Waals surface area contributed by atoms with Crippen LogP contribution in [0.3, 0.4) is 0 Å². The summed E-state index contributed by atoms with van der Waals surface area (Å²) in [5, 5.41) is 16.4. The third-order valence-corrected chi connectivity index (χ3v) is 10.8. The molecule has 2 aromatic carbocycles. The van der Waals surface area contributed by atoms with Crippen molar-refractivity contribution in [1.29, 1.82) is 0 Å². The summed E-state index contributed by atoms with van der Waals surface area (Å²) < 4.78 is 2.14.